The molecular weight excluding hydrogens is 377 g/mol. The molecule has 1 aliphatic rings. The molecule has 9 heteroatoms. The molecule has 1 saturated heterocycles. The van der Waals surface area contributed by atoms with Gasteiger partial charge in [0, 0.05) is 31.9 Å². The lowest BCUT2D eigenvalue weighted by atomic mass is 10.1. The largest absolute Gasteiger partial charge is 0.419 e. The van der Waals surface area contributed by atoms with Gasteiger partial charge in [0.05, 0.1) is 17.0 Å². The van der Waals surface area contributed by atoms with Crippen molar-refractivity contribution in [3.8, 4) is 10.8 Å². The lowest BCUT2D eigenvalue weighted by Gasteiger charge is -2.35. The van der Waals surface area contributed by atoms with Crippen LogP contribution in [0.5, 0.6) is 0 Å². The maximum Gasteiger partial charge on any atom is 0.416 e. The summed E-state index contributed by atoms with van der Waals surface area (Å²) >= 11 is 1.54. The van der Waals surface area contributed by atoms with Gasteiger partial charge in [-0.15, -0.1) is 21.5 Å². The topological polar surface area (TPSA) is 45.4 Å². The van der Waals surface area contributed by atoms with E-state index in [9.17, 15) is 13.2 Å². The van der Waals surface area contributed by atoms with Crippen molar-refractivity contribution in [1.82, 2.24) is 15.1 Å². The molecule has 4 rings (SSSR count). The third kappa shape index (κ3) is 4.14. The van der Waals surface area contributed by atoms with Gasteiger partial charge in [-0.1, -0.05) is 12.1 Å². The van der Waals surface area contributed by atoms with Crippen molar-refractivity contribution in [3.63, 3.8) is 0 Å². The molecule has 27 heavy (non-hydrogen) atoms. The first-order valence-electron chi connectivity index (χ1n) is 8.50. The third-order valence-electron chi connectivity index (χ3n) is 4.47. The molecule has 2 aromatic heterocycles. The molecule has 1 fully saturated rings. The predicted molar refractivity (Wildman–Crippen MR) is 96.5 cm³/mol. The second-order valence-corrected chi connectivity index (χ2v) is 7.24. The Labute approximate surface area is 158 Å². The number of benzene rings is 1. The van der Waals surface area contributed by atoms with E-state index in [4.69, 9.17) is 4.42 Å². The normalized spacial score (nSPS) is 16.0. The fraction of sp³-hybridized carbons (Fsp3) is 0.333. The minimum atomic E-state index is -4.32. The van der Waals surface area contributed by atoms with Crippen molar-refractivity contribution in [2.24, 2.45) is 0 Å². The van der Waals surface area contributed by atoms with Gasteiger partial charge >= 0.3 is 6.18 Å². The van der Waals surface area contributed by atoms with Crippen LogP contribution in [0.1, 0.15) is 11.5 Å². The van der Waals surface area contributed by atoms with E-state index < -0.39 is 11.7 Å². The second-order valence-electron chi connectivity index (χ2n) is 6.29. The van der Waals surface area contributed by atoms with Crippen molar-refractivity contribution < 1.29 is 17.6 Å². The quantitative estimate of drug-likeness (QED) is 0.666. The van der Waals surface area contributed by atoms with E-state index in [0.29, 0.717) is 50.2 Å². The highest BCUT2D eigenvalue weighted by Gasteiger charge is 2.31. The fourth-order valence-corrected chi connectivity index (χ4v) is 3.70. The van der Waals surface area contributed by atoms with Crippen LogP contribution in [0.2, 0.25) is 0 Å². The standard InChI is InChI=1S/C18H17F3N4OS/c19-18(20,21)13-3-1-4-14(11-13)25-8-6-24(7-9-25)12-16-22-23-17(26-16)15-5-2-10-27-15/h1-5,10-11H,6-9,12H2. The zero-order valence-electron chi connectivity index (χ0n) is 14.3. The van der Waals surface area contributed by atoms with E-state index in [1.165, 1.54) is 23.5 Å². The van der Waals surface area contributed by atoms with E-state index >= 15 is 0 Å². The molecule has 1 aliphatic heterocycles. The van der Waals surface area contributed by atoms with Crippen LogP contribution in [0.25, 0.3) is 10.8 Å². The molecule has 5 nitrogen and oxygen atoms in total. The highest BCUT2D eigenvalue weighted by molar-refractivity contribution is 7.13. The van der Waals surface area contributed by atoms with Gasteiger partial charge in [-0.2, -0.15) is 13.2 Å². The van der Waals surface area contributed by atoms with Crippen LogP contribution in [0.15, 0.2) is 46.2 Å². The van der Waals surface area contributed by atoms with Gasteiger partial charge in [0.25, 0.3) is 5.89 Å². The molecule has 0 saturated carbocycles. The number of nitrogens with zero attached hydrogens (tertiary/aromatic N) is 4. The molecule has 142 valence electrons. The van der Waals surface area contributed by atoms with E-state index in [1.807, 2.05) is 22.4 Å². The number of halogens is 3. The number of piperazine rings is 1. The Bertz CT molecular complexity index is 886. The summed E-state index contributed by atoms with van der Waals surface area (Å²) in [6.07, 6.45) is -4.32. The summed E-state index contributed by atoms with van der Waals surface area (Å²) in [6.45, 7) is 3.26. The Hall–Kier alpha value is -2.39. The molecule has 3 aromatic rings. The molecule has 3 heterocycles. The van der Waals surface area contributed by atoms with Gasteiger partial charge in [-0.25, -0.2) is 0 Å². The number of anilines is 1. The smallest absolute Gasteiger partial charge is 0.416 e. The van der Waals surface area contributed by atoms with Gasteiger partial charge in [-0.3, -0.25) is 4.90 Å². The molecule has 0 N–H and O–H groups in total. The Kier molecular flexibility index (Phi) is 4.88. The minimum Gasteiger partial charge on any atom is -0.419 e. The van der Waals surface area contributed by atoms with Crippen molar-refractivity contribution >= 4 is 17.0 Å². The summed E-state index contributed by atoms with van der Waals surface area (Å²) in [6, 6.07) is 9.33. The Morgan fingerprint density at radius 2 is 1.85 bits per heavy atom. The lowest BCUT2D eigenvalue weighted by Crippen LogP contribution is -2.46. The van der Waals surface area contributed by atoms with Gasteiger partial charge in [-0.05, 0) is 29.6 Å². The highest BCUT2D eigenvalue weighted by atomic mass is 32.1. The Morgan fingerprint density at radius 3 is 2.56 bits per heavy atom. The summed E-state index contributed by atoms with van der Waals surface area (Å²) in [7, 11) is 0. The van der Waals surface area contributed by atoms with Crippen LogP contribution in [0, 0.1) is 0 Å². The SMILES string of the molecule is FC(F)(F)c1cccc(N2CCN(Cc3nnc(-c4cccs4)o3)CC2)c1. The average molecular weight is 394 g/mol. The maximum absolute atomic E-state index is 12.9. The van der Waals surface area contributed by atoms with Crippen molar-refractivity contribution in [1.29, 1.82) is 0 Å². The molecule has 0 atom stereocenters. The van der Waals surface area contributed by atoms with Crippen LogP contribution in [0.4, 0.5) is 18.9 Å². The zero-order chi connectivity index (χ0) is 18.9. The number of aromatic nitrogens is 2. The van der Waals surface area contributed by atoms with Gasteiger partial charge in [0.1, 0.15) is 0 Å². The van der Waals surface area contributed by atoms with E-state index in [1.54, 1.807) is 6.07 Å². The van der Waals surface area contributed by atoms with Crippen molar-refractivity contribution in [2.75, 3.05) is 31.1 Å². The molecular formula is C18H17F3N4OS. The zero-order valence-corrected chi connectivity index (χ0v) is 15.1. The molecule has 0 radical (unpaired) electrons. The molecule has 0 amide bonds. The first-order chi connectivity index (χ1) is 13.0. The first kappa shape index (κ1) is 18.0. The average Bonchev–Trinajstić information content (AvgIpc) is 3.33. The fourth-order valence-electron chi connectivity index (χ4n) is 3.05. The van der Waals surface area contributed by atoms with Crippen molar-refractivity contribution in [3.05, 3.63) is 53.2 Å². The lowest BCUT2D eigenvalue weighted by molar-refractivity contribution is -0.137. The van der Waals surface area contributed by atoms with Gasteiger partial charge < -0.3 is 9.32 Å². The van der Waals surface area contributed by atoms with E-state index in [-0.39, 0.29) is 0 Å². The Morgan fingerprint density at radius 1 is 1.04 bits per heavy atom. The number of rotatable bonds is 4. The molecule has 1 aromatic carbocycles. The van der Waals surface area contributed by atoms with E-state index in [2.05, 4.69) is 15.1 Å². The van der Waals surface area contributed by atoms with Gasteiger partial charge in [0.2, 0.25) is 5.89 Å². The summed E-state index contributed by atoms with van der Waals surface area (Å²) in [5.41, 5.74) is -0.0170. The molecule has 0 bridgehead atoms. The van der Waals surface area contributed by atoms with Crippen molar-refractivity contribution in [2.45, 2.75) is 12.7 Å². The summed E-state index contributed by atoms with van der Waals surface area (Å²) < 4.78 is 44.4. The summed E-state index contributed by atoms with van der Waals surface area (Å²) in [5, 5.41) is 10.1. The van der Waals surface area contributed by atoms with E-state index in [0.717, 1.165) is 10.9 Å². The van der Waals surface area contributed by atoms with Crippen LogP contribution < -0.4 is 4.90 Å². The summed E-state index contributed by atoms with van der Waals surface area (Å²) in [4.78, 5) is 5.06. The summed E-state index contributed by atoms with van der Waals surface area (Å²) in [5.74, 6) is 1.06. The third-order valence-corrected chi connectivity index (χ3v) is 5.33. The number of alkyl halides is 3. The monoisotopic (exact) mass is 394 g/mol. The predicted octanol–water partition coefficient (Wildman–Crippen LogP) is 4.14. The molecule has 0 spiro atoms. The van der Waals surface area contributed by atoms with Gasteiger partial charge in [0.15, 0.2) is 0 Å². The van der Waals surface area contributed by atoms with Crippen LogP contribution in [0.3, 0.4) is 0 Å². The number of thiophene rings is 1. The van der Waals surface area contributed by atoms with Crippen LogP contribution >= 0.6 is 11.3 Å². The molecule has 0 unspecified atom stereocenters. The maximum atomic E-state index is 12.9. The van der Waals surface area contributed by atoms with Crippen LogP contribution in [-0.2, 0) is 12.7 Å². The number of hydrogen-bond donors (Lipinski definition) is 0. The highest BCUT2D eigenvalue weighted by Crippen LogP contribution is 2.32. The van der Waals surface area contributed by atoms with Crippen LogP contribution in [-0.4, -0.2) is 41.3 Å². The number of hydrogen-bond acceptors (Lipinski definition) is 6. The molecule has 0 aliphatic carbocycles. The second kappa shape index (κ2) is 7.32. The Balaban J connectivity index is 1.36. The first-order valence-corrected chi connectivity index (χ1v) is 9.38. The minimum absolute atomic E-state index is 0.516.